The summed E-state index contributed by atoms with van der Waals surface area (Å²) >= 11 is 11.7. The molecule has 152 valence electrons. The highest BCUT2D eigenvalue weighted by Crippen LogP contribution is 2.09. The molecule has 2 N–H and O–H groups in total. The van der Waals surface area contributed by atoms with E-state index in [0.29, 0.717) is 15.6 Å². The Bertz CT molecular complexity index is 894. The summed E-state index contributed by atoms with van der Waals surface area (Å²) in [4.78, 5) is 12.4. The monoisotopic (exact) mass is 433 g/mol. The van der Waals surface area contributed by atoms with Crippen molar-refractivity contribution in [2.75, 3.05) is 6.61 Å². The maximum atomic E-state index is 12.4. The fraction of sp³-hybridized carbons (Fsp3) is 0.200. The molecule has 7 nitrogen and oxygen atoms in total. The van der Waals surface area contributed by atoms with Crippen molar-refractivity contribution in [3.63, 3.8) is 0 Å². The molecule has 0 spiro atoms. The third kappa shape index (κ3) is 7.93. The number of halogens is 2. The highest BCUT2D eigenvalue weighted by atomic mass is 35.5. The Morgan fingerprint density at radius 3 is 2.07 bits per heavy atom. The molecule has 0 aromatic heterocycles. The lowest BCUT2D eigenvalue weighted by molar-refractivity contribution is 0.111. The van der Waals surface area contributed by atoms with Crippen LogP contribution < -0.4 is 5.73 Å². The van der Waals surface area contributed by atoms with Crippen molar-refractivity contribution in [2.45, 2.75) is 13.8 Å². The Labute approximate surface area is 179 Å². The number of nitrogens with two attached hydrogens (primary N) is 1. The first-order valence-electron chi connectivity index (χ1n) is 8.73. The molecule has 0 saturated carbocycles. The molecule has 2 aromatic carbocycles. The zero-order valence-electron chi connectivity index (χ0n) is 16.0. The van der Waals surface area contributed by atoms with Gasteiger partial charge in [-0.25, -0.2) is 4.79 Å². The van der Waals surface area contributed by atoms with Crippen LogP contribution in [-0.2, 0) is 4.74 Å². The molecule has 0 heterocycles. The summed E-state index contributed by atoms with van der Waals surface area (Å²) in [5.74, 6) is -0.0867. The Morgan fingerprint density at radius 2 is 1.55 bits per heavy atom. The minimum atomic E-state index is -0.758. The van der Waals surface area contributed by atoms with Gasteiger partial charge in [-0.2, -0.15) is 10.2 Å². The number of benzene rings is 2. The second-order valence-electron chi connectivity index (χ2n) is 6.33. The number of carbonyl (C=O) groups is 1. The minimum absolute atomic E-state index is 0.155. The Morgan fingerprint density at radius 1 is 1.03 bits per heavy atom. The molecule has 0 unspecified atom stereocenters. The van der Waals surface area contributed by atoms with Crippen molar-refractivity contribution in [3.05, 3.63) is 69.7 Å². The number of hydrogen-bond donors (Lipinski definition) is 1. The Hall–Kier alpha value is -2.90. The van der Waals surface area contributed by atoms with Crippen LogP contribution in [0.15, 0.2) is 63.8 Å². The zero-order chi connectivity index (χ0) is 21.2. The van der Waals surface area contributed by atoms with Gasteiger partial charge in [0.25, 0.3) is 0 Å². The van der Waals surface area contributed by atoms with Crippen LogP contribution in [0.5, 0.6) is 0 Å². The molecular formula is C20H21Cl2N5O2. The molecule has 0 aliphatic heterocycles. The van der Waals surface area contributed by atoms with Gasteiger partial charge in [0.2, 0.25) is 5.96 Å². The van der Waals surface area contributed by atoms with Crippen molar-refractivity contribution >= 4 is 47.7 Å². The summed E-state index contributed by atoms with van der Waals surface area (Å²) in [6.07, 6.45) is 2.16. The van der Waals surface area contributed by atoms with E-state index in [1.807, 2.05) is 13.8 Å². The maximum absolute atomic E-state index is 12.4. The fourth-order valence-corrected chi connectivity index (χ4v) is 2.17. The topological polar surface area (TPSA) is 92.6 Å². The van der Waals surface area contributed by atoms with Crippen LogP contribution in [-0.4, -0.2) is 36.1 Å². The highest BCUT2D eigenvalue weighted by Gasteiger charge is 2.19. The molecule has 9 heteroatoms. The summed E-state index contributed by atoms with van der Waals surface area (Å²) in [6, 6.07) is 13.9. The first-order chi connectivity index (χ1) is 13.8. The van der Waals surface area contributed by atoms with Gasteiger partial charge in [-0.3, -0.25) is 0 Å². The third-order valence-corrected chi connectivity index (χ3v) is 3.86. The van der Waals surface area contributed by atoms with Gasteiger partial charge in [-0.1, -0.05) is 61.3 Å². The van der Waals surface area contributed by atoms with Crippen LogP contribution in [0.3, 0.4) is 0 Å². The summed E-state index contributed by atoms with van der Waals surface area (Å²) < 4.78 is 5.20. The van der Waals surface area contributed by atoms with Gasteiger partial charge in [0, 0.05) is 10.0 Å². The molecule has 0 bridgehead atoms. The normalized spacial score (nSPS) is 12.1. The number of rotatable bonds is 6. The number of amides is 1. The number of ether oxygens (including phenoxy) is 1. The van der Waals surface area contributed by atoms with Crippen molar-refractivity contribution in [1.82, 2.24) is 5.01 Å². The molecule has 0 aliphatic carbocycles. The largest absolute Gasteiger partial charge is 0.448 e. The molecule has 1 amide bonds. The zero-order valence-corrected chi connectivity index (χ0v) is 17.5. The van der Waals surface area contributed by atoms with Gasteiger partial charge in [0.1, 0.15) is 0 Å². The number of hydrazone groups is 1. The van der Waals surface area contributed by atoms with Crippen molar-refractivity contribution < 1.29 is 9.53 Å². The van der Waals surface area contributed by atoms with Crippen LogP contribution >= 0.6 is 23.2 Å². The maximum Gasteiger partial charge on any atom is 0.437 e. The Balaban J connectivity index is 2.18. The smallest absolute Gasteiger partial charge is 0.437 e. The molecule has 0 aliphatic rings. The van der Waals surface area contributed by atoms with Crippen LogP contribution in [0.4, 0.5) is 4.79 Å². The number of carbonyl (C=O) groups excluding carboxylic acids is 1. The predicted octanol–water partition coefficient (Wildman–Crippen LogP) is 4.77. The van der Waals surface area contributed by atoms with Crippen LogP contribution in [0.2, 0.25) is 10.0 Å². The first-order valence-corrected chi connectivity index (χ1v) is 9.49. The van der Waals surface area contributed by atoms with Gasteiger partial charge in [0.05, 0.1) is 19.0 Å². The van der Waals surface area contributed by atoms with E-state index in [-0.39, 0.29) is 18.5 Å². The fourth-order valence-electron chi connectivity index (χ4n) is 1.92. The lowest BCUT2D eigenvalue weighted by atomic mass is 10.2. The van der Waals surface area contributed by atoms with Gasteiger partial charge < -0.3 is 10.5 Å². The van der Waals surface area contributed by atoms with Crippen molar-refractivity contribution in [3.8, 4) is 0 Å². The molecule has 0 atom stereocenters. The van der Waals surface area contributed by atoms with Gasteiger partial charge in [0.15, 0.2) is 0 Å². The predicted molar refractivity (Wildman–Crippen MR) is 118 cm³/mol. The molecule has 0 fully saturated rings. The molecule has 2 aromatic rings. The van der Waals surface area contributed by atoms with E-state index in [0.717, 1.165) is 10.6 Å². The second-order valence-corrected chi connectivity index (χ2v) is 7.21. The van der Waals surface area contributed by atoms with Gasteiger partial charge in [-0.05, 0) is 41.3 Å². The van der Waals surface area contributed by atoms with E-state index in [2.05, 4.69) is 15.3 Å². The first kappa shape index (κ1) is 22.4. The van der Waals surface area contributed by atoms with Crippen LogP contribution in [0.1, 0.15) is 25.0 Å². The third-order valence-electron chi connectivity index (χ3n) is 3.36. The summed E-state index contributed by atoms with van der Waals surface area (Å²) in [6.45, 7) is 4.05. The number of nitrogens with zero attached hydrogens (tertiary/aromatic N) is 4. The van der Waals surface area contributed by atoms with Crippen LogP contribution in [0.25, 0.3) is 0 Å². The van der Waals surface area contributed by atoms with Gasteiger partial charge in [-0.15, -0.1) is 10.1 Å². The summed E-state index contributed by atoms with van der Waals surface area (Å²) in [7, 11) is 0. The molecule has 0 saturated heterocycles. The molecular weight excluding hydrogens is 413 g/mol. The van der Waals surface area contributed by atoms with E-state index in [9.17, 15) is 4.79 Å². The molecule has 2 rings (SSSR count). The van der Waals surface area contributed by atoms with Gasteiger partial charge >= 0.3 is 6.09 Å². The summed E-state index contributed by atoms with van der Waals surface area (Å²) in [5, 5.41) is 13.9. The van der Waals surface area contributed by atoms with E-state index in [4.69, 9.17) is 33.7 Å². The van der Waals surface area contributed by atoms with Crippen molar-refractivity contribution in [1.29, 1.82) is 0 Å². The minimum Gasteiger partial charge on any atom is -0.448 e. The molecule has 29 heavy (non-hydrogen) atoms. The number of guanidine groups is 1. The quantitative estimate of drug-likeness (QED) is 0.403. The Kier molecular flexibility index (Phi) is 8.64. The lowest BCUT2D eigenvalue weighted by Crippen LogP contribution is -2.39. The highest BCUT2D eigenvalue weighted by molar-refractivity contribution is 6.30. The van der Waals surface area contributed by atoms with E-state index >= 15 is 0 Å². The number of hydrogen-bond acceptors (Lipinski definition) is 5. The average Bonchev–Trinajstić information content (AvgIpc) is 2.69. The molecule has 0 radical (unpaired) electrons. The van der Waals surface area contributed by atoms with E-state index in [1.165, 1.54) is 12.4 Å². The van der Waals surface area contributed by atoms with E-state index < -0.39 is 6.09 Å². The average molecular weight is 434 g/mol. The lowest BCUT2D eigenvalue weighted by Gasteiger charge is -2.15. The van der Waals surface area contributed by atoms with Crippen LogP contribution in [0, 0.1) is 5.92 Å². The second kappa shape index (κ2) is 11.2. The van der Waals surface area contributed by atoms with Crippen molar-refractivity contribution in [2.24, 2.45) is 27.0 Å². The summed E-state index contributed by atoms with van der Waals surface area (Å²) in [5.41, 5.74) is 7.39. The standard InChI is InChI=1S/C20H21Cl2N5O2/c1-14(2)13-29-20(28)27(25-12-16-5-9-18(22)10-6-16)19(23)26-24-11-15-3-7-17(21)8-4-15/h3-12,14H,13H2,1-2H3,(H2,23,26)/b24-11+,25-12+. The SMILES string of the molecule is CC(C)COC(=O)N(/N=C/c1ccc(Cl)cc1)/C(N)=N/N=C/c1ccc(Cl)cc1. The van der Waals surface area contributed by atoms with E-state index in [1.54, 1.807) is 48.5 Å².